The summed E-state index contributed by atoms with van der Waals surface area (Å²) in [5.41, 5.74) is 2.89. The molecule has 1 aliphatic rings. The molecule has 2 aromatic rings. The van der Waals surface area contributed by atoms with Crippen LogP contribution >= 0.6 is 0 Å². The van der Waals surface area contributed by atoms with Gasteiger partial charge in [-0.1, -0.05) is 5.16 Å². The number of carbonyl (C=O) groups is 1. The van der Waals surface area contributed by atoms with Crippen LogP contribution in [-0.4, -0.2) is 52.2 Å². The molecule has 1 saturated heterocycles. The Labute approximate surface area is 147 Å². The van der Waals surface area contributed by atoms with Crippen LogP contribution in [0.2, 0.25) is 0 Å². The second kappa shape index (κ2) is 8.20. The predicted octanol–water partition coefficient (Wildman–Crippen LogP) is 1.73. The Kier molecular flexibility index (Phi) is 5.75. The lowest BCUT2D eigenvalue weighted by Gasteiger charge is -2.23. The predicted molar refractivity (Wildman–Crippen MR) is 90.9 cm³/mol. The molecule has 1 atom stereocenters. The first-order chi connectivity index (χ1) is 12.1. The van der Waals surface area contributed by atoms with Gasteiger partial charge < -0.3 is 14.2 Å². The van der Waals surface area contributed by atoms with Gasteiger partial charge in [-0.05, 0) is 32.8 Å². The van der Waals surface area contributed by atoms with Crippen molar-refractivity contribution in [1.29, 1.82) is 0 Å². The van der Waals surface area contributed by atoms with Gasteiger partial charge >= 0.3 is 0 Å². The maximum absolute atomic E-state index is 12.7. The van der Waals surface area contributed by atoms with E-state index in [1.807, 2.05) is 24.8 Å². The highest BCUT2D eigenvalue weighted by atomic mass is 16.5. The van der Waals surface area contributed by atoms with Crippen LogP contribution in [0.3, 0.4) is 0 Å². The van der Waals surface area contributed by atoms with Crippen molar-refractivity contribution < 1.29 is 14.1 Å². The minimum absolute atomic E-state index is 0.151. The molecule has 3 rings (SSSR count). The first-order valence-corrected chi connectivity index (χ1v) is 8.65. The smallest absolute Gasteiger partial charge is 0.222 e. The third-order valence-corrected chi connectivity index (χ3v) is 4.60. The number of carbonyl (C=O) groups excluding carboxylic acids is 1. The van der Waals surface area contributed by atoms with Crippen molar-refractivity contribution in [1.82, 2.24) is 20.0 Å². The van der Waals surface area contributed by atoms with Gasteiger partial charge in [0.1, 0.15) is 12.1 Å². The molecule has 0 radical (unpaired) electrons. The van der Waals surface area contributed by atoms with Crippen LogP contribution in [0.4, 0.5) is 0 Å². The first-order valence-electron chi connectivity index (χ1n) is 8.65. The summed E-state index contributed by atoms with van der Waals surface area (Å²) >= 11 is 0. The van der Waals surface area contributed by atoms with E-state index in [4.69, 9.17) is 9.26 Å². The summed E-state index contributed by atoms with van der Waals surface area (Å²) in [6, 6.07) is 1.91. The molecule has 0 aromatic carbocycles. The molecule has 3 heterocycles. The Bertz CT molecular complexity index is 682. The Morgan fingerprint density at radius 2 is 2.28 bits per heavy atom. The van der Waals surface area contributed by atoms with E-state index in [0.717, 1.165) is 29.1 Å². The van der Waals surface area contributed by atoms with Crippen LogP contribution in [0.25, 0.3) is 0 Å². The Morgan fingerprint density at radius 3 is 3.00 bits per heavy atom. The largest absolute Gasteiger partial charge is 0.379 e. The van der Waals surface area contributed by atoms with E-state index in [-0.39, 0.29) is 11.8 Å². The summed E-state index contributed by atoms with van der Waals surface area (Å²) in [6.45, 7) is 6.37. The maximum Gasteiger partial charge on any atom is 0.222 e. The van der Waals surface area contributed by atoms with Gasteiger partial charge in [0, 0.05) is 42.9 Å². The fraction of sp³-hybridized carbons (Fsp3) is 0.556. The minimum Gasteiger partial charge on any atom is -0.379 e. The molecule has 0 saturated carbocycles. The molecule has 1 fully saturated rings. The summed E-state index contributed by atoms with van der Waals surface area (Å²) in [5, 5.41) is 3.95. The first kappa shape index (κ1) is 17.5. The summed E-state index contributed by atoms with van der Waals surface area (Å²) in [4.78, 5) is 22.8. The fourth-order valence-corrected chi connectivity index (χ4v) is 3.21. The molecule has 25 heavy (non-hydrogen) atoms. The van der Waals surface area contributed by atoms with E-state index in [9.17, 15) is 4.79 Å². The van der Waals surface area contributed by atoms with Crippen LogP contribution in [0, 0.1) is 19.8 Å². The van der Waals surface area contributed by atoms with Crippen molar-refractivity contribution >= 4 is 5.91 Å². The Balaban J connectivity index is 1.57. The van der Waals surface area contributed by atoms with Crippen LogP contribution < -0.4 is 0 Å². The number of amides is 1. The van der Waals surface area contributed by atoms with Crippen molar-refractivity contribution in [2.45, 2.75) is 33.1 Å². The van der Waals surface area contributed by atoms with Gasteiger partial charge in [-0.3, -0.25) is 4.79 Å². The lowest BCUT2D eigenvalue weighted by molar-refractivity contribution is -0.131. The highest BCUT2D eigenvalue weighted by Gasteiger charge is 2.23. The van der Waals surface area contributed by atoms with Gasteiger partial charge in [-0.15, -0.1) is 0 Å². The van der Waals surface area contributed by atoms with Gasteiger partial charge in [0.25, 0.3) is 0 Å². The number of nitrogens with zero attached hydrogens (tertiary/aromatic N) is 4. The zero-order valence-electron chi connectivity index (χ0n) is 14.8. The average molecular weight is 344 g/mol. The molecule has 134 valence electrons. The van der Waals surface area contributed by atoms with E-state index in [2.05, 4.69) is 15.1 Å². The Hall–Kier alpha value is -2.28. The average Bonchev–Trinajstić information content (AvgIpc) is 2.81. The number of rotatable bonds is 5. The topological polar surface area (TPSA) is 81.4 Å². The molecular formula is C18H24N4O3. The highest BCUT2D eigenvalue weighted by molar-refractivity contribution is 5.76. The molecule has 7 nitrogen and oxygen atoms in total. The lowest BCUT2D eigenvalue weighted by Crippen LogP contribution is -2.36. The highest BCUT2D eigenvalue weighted by Crippen LogP contribution is 2.17. The zero-order valence-corrected chi connectivity index (χ0v) is 14.8. The van der Waals surface area contributed by atoms with Gasteiger partial charge in [0.2, 0.25) is 5.91 Å². The van der Waals surface area contributed by atoms with E-state index < -0.39 is 0 Å². The quantitative estimate of drug-likeness (QED) is 0.822. The van der Waals surface area contributed by atoms with E-state index in [1.165, 1.54) is 0 Å². The second-order valence-electron chi connectivity index (χ2n) is 6.49. The van der Waals surface area contributed by atoms with Crippen molar-refractivity contribution in [3.8, 4) is 0 Å². The molecule has 0 unspecified atom stereocenters. The normalized spacial score (nSPS) is 18.2. The molecule has 7 heteroatoms. The molecule has 1 aliphatic heterocycles. The summed E-state index contributed by atoms with van der Waals surface area (Å²) < 4.78 is 10.9. The number of hydrogen-bond donors (Lipinski definition) is 0. The third kappa shape index (κ3) is 4.63. The number of aromatic nitrogens is 3. The van der Waals surface area contributed by atoms with E-state index >= 15 is 0 Å². The van der Waals surface area contributed by atoms with Gasteiger partial charge in [0.05, 0.1) is 18.9 Å². The molecule has 0 spiro atoms. The molecule has 0 N–H and O–H groups in total. The van der Waals surface area contributed by atoms with Crippen molar-refractivity contribution in [2.24, 2.45) is 5.92 Å². The fourth-order valence-electron chi connectivity index (χ4n) is 3.21. The zero-order chi connectivity index (χ0) is 17.6. The van der Waals surface area contributed by atoms with Crippen molar-refractivity contribution in [3.05, 3.63) is 41.3 Å². The standard InChI is InChI=1S/C18H24N4O3/c1-13-17(14(2)25-21-13)3-4-18(23)22-7-8-24-11-15(10-22)9-16-5-6-19-12-20-16/h5-6,12,15H,3-4,7-11H2,1-2H3/t15-/m1/s1. The van der Waals surface area contributed by atoms with Crippen molar-refractivity contribution in [3.63, 3.8) is 0 Å². The molecule has 1 amide bonds. The maximum atomic E-state index is 12.7. The molecule has 0 aliphatic carbocycles. The third-order valence-electron chi connectivity index (χ3n) is 4.60. The van der Waals surface area contributed by atoms with Gasteiger partial charge in [0.15, 0.2) is 0 Å². The molecule has 2 aromatic heterocycles. The SMILES string of the molecule is Cc1noc(C)c1CCC(=O)N1CCOC[C@H](Cc2ccncn2)C1. The van der Waals surface area contributed by atoms with Gasteiger partial charge in [-0.25, -0.2) is 9.97 Å². The molecule has 0 bridgehead atoms. The van der Waals surface area contributed by atoms with Crippen LogP contribution in [-0.2, 0) is 22.4 Å². The number of ether oxygens (including phenoxy) is 1. The van der Waals surface area contributed by atoms with Crippen LogP contribution in [0.1, 0.15) is 29.1 Å². The summed E-state index contributed by atoms with van der Waals surface area (Å²) in [5.74, 6) is 1.20. The lowest BCUT2D eigenvalue weighted by atomic mass is 10.0. The van der Waals surface area contributed by atoms with Crippen molar-refractivity contribution in [2.75, 3.05) is 26.3 Å². The summed E-state index contributed by atoms with van der Waals surface area (Å²) in [7, 11) is 0. The molecular weight excluding hydrogens is 320 g/mol. The minimum atomic E-state index is 0.151. The Morgan fingerprint density at radius 1 is 1.40 bits per heavy atom. The van der Waals surface area contributed by atoms with E-state index in [1.54, 1.807) is 12.5 Å². The summed E-state index contributed by atoms with van der Waals surface area (Å²) in [6.07, 6.45) is 5.21. The van der Waals surface area contributed by atoms with E-state index in [0.29, 0.717) is 39.1 Å². The van der Waals surface area contributed by atoms with Crippen LogP contribution in [0.15, 0.2) is 23.1 Å². The number of hydrogen-bond acceptors (Lipinski definition) is 6. The number of aryl methyl sites for hydroxylation is 2. The van der Waals surface area contributed by atoms with Gasteiger partial charge in [-0.2, -0.15) is 0 Å². The monoisotopic (exact) mass is 344 g/mol. The second-order valence-corrected chi connectivity index (χ2v) is 6.49. The van der Waals surface area contributed by atoms with Crippen LogP contribution in [0.5, 0.6) is 0 Å².